The number of piperazine rings is 1. The molecule has 0 unspecified atom stereocenters. The number of ether oxygens (including phenoxy) is 1. The molecule has 0 bridgehead atoms. The number of nitrogens with zero attached hydrogens (tertiary/aromatic N) is 2. The van der Waals surface area contributed by atoms with Crippen molar-refractivity contribution in [1.82, 2.24) is 9.21 Å². The molecule has 140 valence electrons. The van der Waals surface area contributed by atoms with Crippen molar-refractivity contribution >= 4 is 41.9 Å². The molecule has 1 heterocycles. The van der Waals surface area contributed by atoms with Crippen LogP contribution in [0.3, 0.4) is 0 Å². The Balaban J connectivity index is 1.70. The number of rotatable bonds is 5. The Morgan fingerprint density at radius 2 is 1.58 bits per heavy atom. The lowest BCUT2D eigenvalue weighted by atomic mass is 10.2. The molecule has 1 saturated heterocycles. The second kappa shape index (κ2) is 8.39. The van der Waals surface area contributed by atoms with Crippen LogP contribution in [0.25, 0.3) is 0 Å². The first-order valence-electron chi connectivity index (χ1n) is 8.21. The Morgan fingerprint density at radius 3 is 2.12 bits per heavy atom. The van der Waals surface area contributed by atoms with Gasteiger partial charge in [-0.15, -0.1) is 0 Å². The molecule has 0 aliphatic carbocycles. The fraction of sp³-hybridized carbons (Fsp3) is 0.333. The van der Waals surface area contributed by atoms with Gasteiger partial charge >= 0.3 is 0 Å². The molecule has 0 aromatic heterocycles. The van der Waals surface area contributed by atoms with Crippen molar-refractivity contribution in [2.75, 3.05) is 33.3 Å². The van der Waals surface area contributed by atoms with Crippen molar-refractivity contribution in [3.05, 3.63) is 57.0 Å². The molecule has 0 saturated carbocycles. The third-order valence-corrected chi connectivity index (χ3v) is 7.45. The molecular formula is C18H20Br2N2O3S. The monoisotopic (exact) mass is 502 g/mol. The van der Waals surface area contributed by atoms with Crippen LogP contribution in [0.15, 0.2) is 56.3 Å². The van der Waals surface area contributed by atoms with E-state index < -0.39 is 10.0 Å². The van der Waals surface area contributed by atoms with E-state index in [1.54, 1.807) is 23.5 Å². The van der Waals surface area contributed by atoms with E-state index in [9.17, 15) is 8.42 Å². The quantitative estimate of drug-likeness (QED) is 0.623. The van der Waals surface area contributed by atoms with Gasteiger partial charge in [0, 0.05) is 32.7 Å². The zero-order valence-electron chi connectivity index (χ0n) is 14.4. The number of halogens is 2. The van der Waals surface area contributed by atoms with Crippen molar-refractivity contribution in [2.24, 2.45) is 0 Å². The summed E-state index contributed by atoms with van der Waals surface area (Å²) in [5, 5.41) is 0. The highest BCUT2D eigenvalue weighted by Crippen LogP contribution is 2.36. The van der Waals surface area contributed by atoms with Crippen LogP contribution >= 0.6 is 31.9 Å². The minimum absolute atomic E-state index is 0.258. The summed E-state index contributed by atoms with van der Waals surface area (Å²) >= 11 is 6.75. The van der Waals surface area contributed by atoms with Crippen LogP contribution in [-0.2, 0) is 16.6 Å². The average Bonchev–Trinajstić information content (AvgIpc) is 2.63. The maximum atomic E-state index is 13.0. The molecule has 26 heavy (non-hydrogen) atoms. The van der Waals surface area contributed by atoms with E-state index >= 15 is 0 Å². The van der Waals surface area contributed by atoms with Gasteiger partial charge in [-0.2, -0.15) is 4.31 Å². The average molecular weight is 504 g/mol. The van der Waals surface area contributed by atoms with E-state index in [1.165, 1.54) is 5.56 Å². The standard InChI is InChI=1S/C18H20Br2N2O3S/c1-25-18-16(19)11-15(12-17(18)20)26(23,24)22-9-7-21(8-10-22)13-14-5-3-2-4-6-14/h2-6,11-12H,7-10,13H2,1H3. The summed E-state index contributed by atoms with van der Waals surface area (Å²) in [4.78, 5) is 2.54. The van der Waals surface area contributed by atoms with Crippen LogP contribution in [0, 0.1) is 0 Å². The first-order chi connectivity index (χ1) is 12.4. The van der Waals surface area contributed by atoms with Crippen molar-refractivity contribution < 1.29 is 13.2 Å². The summed E-state index contributed by atoms with van der Waals surface area (Å²) in [6, 6.07) is 13.4. The number of methoxy groups -OCH3 is 1. The molecule has 8 heteroatoms. The van der Waals surface area contributed by atoms with Crippen LogP contribution < -0.4 is 4.74 Å². The highest BCUT2D eigenvalue weighted by molar-refractivity contribution is 9.11. The first kappa shape index (κ1) is 19.8. The van der Waals surface area contributed by atoms with Gasteiger partial charge in [0.25, 0.3) is 0 Å². The second-order valence-corrected chi connectivity index (χ2v) is 9.73. The fourth-order valence-corrected chi connectivity index (χ4v) is 6.29. The van der Waals surface area contributed by atoms with Gasteiger partial charge in [0.1, 0.15) is 5.75 Å². The van der Waals surface area contributed by atoms with E-state index in [0.29, 0.717) is 40.9 Å². The molecule has 1 aliphatic rings. The fourth-order valence-electron chi connectivity index (χ4n) is 3.00. The molecule has 3 rings (SSSR count). The van der Waals surface area contributed by atoms with Gasteiger partial charge in [0.05, 0.1) is 21.0 Å². The van der Waals surface area contributed by atoms with Crippen molar-refractivity contribution in [2.45, 2.75) is 11.4 Å². The van der Waals surface area contributed by atoms with Gasteiger partial charge in [-0.05, 0) is 49.6 Å². The number of benzene rings is 2. The lowest BCUT2D eigenvalue weighted by Gasteiger charge is -2.34. The minimum atomic E-state index is -3.54. The van der Waals surface area contributed by atoms with Gasteiger partial charge < -0.3 is 4.74 Å². The number of hydrogen-bond donors (Lipinski definition) is 0. The maximum absolute atomic E-state index is 13.0. The third-order valence-electron chi connectivity index (χ3n) is 4.39. The zero-order valence-corrected chi connectivity index (χ0v) is 18.3. The smallest absolute Gasteiger partial charge is 0.243 e. The molecule has 2 aromatic rings. The molecule has 1 fully saturated rings. The Hall–Kier alpha value is -0.930. The number of hydrogen-bond acceptors (Lipinski definition) is 4. The summed E-state index contributed by atoms with van der Waals surface area (Å²) in [6.07, 6.45) is 0. The minimum Gasteiger partial charge on any atom is -0.494 e. The zero-order chi connectivity index (χ0) is 18.7. The highest BCUT2D eigenvalue weighted by atomic mass is 79.9. The van der Waals surface area contributed by atoms with Crippen LogP contribution in [0.2, 0.25) is 0 Å². The number of sulfonamides is 1. The molecule has 0 radical (unpaired) electrons. The van der Waals surface area contributed by atoms with Gasteiger partial charge in [-0.25, -0.2) is 8.42 Å². The Bertz CT molecular complexity index is 844. The van der Waals surface area contributed by atoms with Gasteiger partial charge in [-0.3, -0.25) is 4.90 Å². The van der Waals surface area contributed by atoms with Gasteiger partial charge in [-0.1, -0.05) is 30.3 Å². The predicted octanol–water partition coefficient (Wildman–Crippen LogP) is 3.73. The third kappa shape index (κ3) is 4.31. The lowest BCUT2D eigenvalue weighted by molar-refractivity contribution is 0.181. The Morgan fingerprint density at radius 1 is 1.00 bits per heavy atom. The SMILES string of the molecule is COc1c(Br)cc(S(=O)(=O)N2CCN(Cc3ccccc3)CC2)cc1Br. The van der Waals surface area contributed by atoms with E-state index in [-0.39, 0.29) is 4.90 Å². The molecule has 2 aromatic carbocycles. The maximum Gasteiger partial charge on any atom is 0.243 e. The largest absolute Gasteiger partial charge is 0.494 e. The predicted molar refractivity (Wildman–Crippen MR) is 109 cm³/mol. The summed E-state index contributed by atoms with van der Waals surface area (Å²) < 4.78 is 34.0. The summed E-state index contributed by atoms with van der Waals surface area (Å²) in [5.41, 5.74) is 1.24. The summed E-state index contributed by atoms with van der Waals surface area (Å²) in [7, 11) is -1.99. The molecule has 1 aliphatic heterocycles. The van der Waals surface area contributed by atoms with Crippen LogP contribution in [0.1, 0.15) is 5.56 Å². The van der Waals surface area contributed by atoms with E-state index in [2.05, 4.69) is 48.9 Å². The van der Waals surface area contributed by atoms with Crippen LogP contribution in [-0.4, -0.2) is 50.9 Å². The van der Waals surface area contributed by atoms with E-state index in [0.717, 1.165) is 6.54 Å². The van der Waals surface area contributed by atoms with E-state index in [1.807, 2.05) is 18.2 Å². The van der Waals surface area contributed by atoms with Crippen molar-refractivity contribution in [3.8, 4) is 5.75 Å². The molecule has 0 atom stereocenters. The lowest BCUT2D eigenvalue weighted by Crippen LogP contribution is -2.48. The molecule has 5 nitrogen and oxygen atoms in total. The van der Waals surface area contributed by atoms with Crippen LogP contribution in [0.4, 0.5) is 0 Å². The molecule has 0 amide bonds. The topological polar surface area (TPSA) is 49.9 Å². The summed E-state index contributed by atoms with van der Waals surface area (Å²) in [5.74, 6) is 0.580. The Labute approximate surface area is 171 Å². The van der Waals surface area contributed by atoms with Crippen LogP contribution in [0.5, 0.6) is 5.75 Å². The normalized spacial score (nSPS) is 16.6. The second-order valence-electron chi connectivity index (χ2n) is 6.09. The molecule has 0 spiro atoms. The van der Waals surface area contributed by atoms with Gasteiger partial charge in [0.2, 0.25) is 10.0 Å². The van der Waals surface area contributed by atoms with Gasteiger partial charge in [0.15, 0.2) is 0 Å². The summed E-state index contributed by atoms with van der Waals surface area (Å²) in [6.45, 7) is 3.24. The molecule has 0 N–H and O–H groups in total. The van der Waals surface area contributed by atoms with Crippen molar-refractivity contribution in [3.63, 3.8) is 0 Å². The van der Waals surface area contributed by atoms with Crippen molar-refractivity contribution in [1.29, 1.82) is 0 Å². The first-order valence-corrected chi connectivity index (χ1v) is 11.2. The molecular weight excluding hydrogens is 484 g/mol. The Kier molecular flexibility index (Phi) is 6.40. The van der Waals surface area contributed by atoms with E-state index in [4.69, 9.17) is 4.74 Å². The highest BCUT2D eigenvalue weighted by Gasteiger charge is 2.29.